The van der Waals surface area contributed by atoms with E-state index in [2.05, 4.69) is 4.98 Å². The number of hydrogen-bond acceptors (Lipinski definition) is 5. The molecular formula is C15H11NO4. The van der Waals surface area contributed by atoms with Crippen LogP contribution in [-0.4, -0.2) is 29.4 Å². The summed E-state index contributed by atoms with van der Waals surface area (Å²) in [6.07, 6.45) is 4.71. The van der Waals surface area contributed by atoms with Gasteiger partial charge in [-0.25, -0.2) is 4.79 Å². The van der Waals surface area contributed by atoms with Crippen LogP contribution in [0.15, 0.2) is 41.6 Å². The average Bonchev–Trinajstić information content (AvgIpc) is 3.09. The first-order chi connectivity index (χ1) is 9.69. The quantitative estimate of drug-likeness (QED) is 0.598. The number of ether oxygens (including phenoxy) is 2. The summed E-state index contributed by atoms with van der Waals surface area (Å²) < 4.78 is 10.9. The summed E-state index contributed by atoms with van der Waals surface area (Å²) in [5, 5.41) is 0. The molecule has 1 aliphatic carbocycles. The lowest BCUT2D eigenvalue weighted by Gasteiger charge is -2.18. The molecule has 2 aliphatic heterocycles. The Labute approximate surface area is 114 Å². The number of fused-ring (bicyclic) bond motifs is 2. The minimum Gasteiger partial charge on any atom is -0.463 e. The molecule has 3 aliphatic rings. The lowest BCUT2D eigenvalue weighted by atomic mass is 9.88. The van der Waals surface area contributed by atoms with Gasteiger partial charge in [0.2, 0.25) is 0 Å². The van der Waals surface area contributed by atoms with Gasteiger partial charge >= 0.3 is 5.97 Å². The summed E-state index contributed by atoms with van der Waals surface area (Å²) in [6.45, 7) is 1.99. The third kappa shape index (κ3) is 1.14. The van der Waals surface area contributed by atoms with Crippen LogP contribution in [0.25, 0.3) is 0 Å². The van der Waals surface area contributed by atoms with Gasteiger partial charge in [-0.2, -0.15) is 0 Å². The Kier molecular flexibility index (Phi) is 2.10. The zero-order chi connectivity index (χ0) is 13.9. The van der Waals surface area contributed by atoms with E-state index < -0.39 is 17.7 Å². The largest absolute Gasteiger partial charge is 0.463 e. The highest BCUT2D eigenvalue weighted by molar-refractivity contribution is 6.20. The van der Waals surface area contributed by atoms with Crippen molar-refractivity contribution in [1.82, 2.24) is 4.98 Å². The molecule has 0 N–H and O–H groups in total. The molecule has 0 amide bonds. The molecule has 20 heavy (non-hydrogen) atoms. The minimum atomic E-state index is -0.986. The number of aromatic nitrogens is 1. The third-order valence-corrected chi connectivity index (χ3v) is 3.87. The number of ketones is 1. The number of pyridine rings is 1. The Morgan fingerprint density at radius 1 is 1.55 bits per heavy atom. The van der Waals surface area contributed by atoms with Crippen LogP contribution < -0.4 is 0 Å². The van der Waals surface area contributed by atoms with Crippen LogP contribution in [0.1, 0.15) is 23.0 Å². The van der Waals surface area contributed by atoms with Gasteiger partial charge < -0.3 is 9.47 Å². The lowest BCUT2D eigenvalue weighted by Crippen LogP contribution is -2.22. The lowest BCUT2D eigenvalue weighted by molar-refractivity contribution is -0.139. The summed E-state index contributed by atoms with van der Waals surface area (Å²) in [5.74, 6) is -0.678. The van der Waals surface area contributed by atoms with E-state index >= 15 is 0 Å². The van der Waals surface area contributed by atoms with Gasteiger partial charge in [0.1, 0.15) is 6.10 Å². The van der Waals surface area contributed by atoms with Crippen LogP contribution in [0, 0.1) is 0 Å². The van der Waals surface area contributed by atoms with Gasteiger partial charge in [0.05, 0.1) is 23.4 Å². The van der Waals surface area contributed by atoms with E-state index in [1.807, 2.05) is 6.08 Å². The van der Waals surface area contributed by atoms with Gasteiger partial charge in [0.15, 0.2) is 11.4 Å². The Bertz CT molecular complexity index is 718. The number of Topliss-reactive ketones (excluding diaryl/α,β-unsaturated/α-hetero) is 1. The number of hydrogen-bond donors (Lipinski definition) is 0. The number of nitrogens with zero attached hydrogens (tertiary/aromatic N) is 1. The maximum atomic E-state index is 12.6. The molecule has 0 fully saturated rings. The number of rotatable bonds is 2. The zero-order valence-corrected chi connectivity index (χ0v) is 10.8. The predicted molar refractivity (Wildman–Crippen MR) is 67.9 cm³/mol. The van der Waals surface area contributed by atoms with Crippen molar-refractivity contribution >= 4 is 11.8 Å². The first-order valence-corrected chi connectivity index (χ1v) is 6.48. The van der Waals surface area contributed by atoms with Gasteiger partial charge in [-0.15, -0.1) is 0 Å². The molecular weight excluding hydrogens is 258 g/mol. The fraction of sp³-hybridized carbons (Fsp3) is 0.267. The van der Waals surface area contributed by atoms with Crippen LogP contribution >= 0.6 is 0 Å². The number of carbonyl (C=O) groups is 2. The van der Waals surface area contributed by atoms with Crippen molar-refractivity contribution in [2.75, 3.05) is 6.61 Å². The average molecular weight is 269 g/mol. The Balaban J connectivity index is 1.96. The van der Waals surface area contributed by atoms with Crippen LogP contribution in [-0.2, 0) is 19.9 Å². The van der Waals surface area contributed by atoms with Crippen molar-refractivity contribution in [3.8, 4) is 0 Å². The Hall–Kier alpha value is -2.27. The van der Waals surface area contributed by atoms with Gasteiger partial charge in [0.25, 0.3) is 0 Å². The first-order valence-electron chi connectivity index (χ1n) is 6.48. The maximum absolute atomic E-state index is 12.6. The van der Waals surface area contributed by atoms with Crippen molar-refractivity contribution in [3.05, 3.63) is 52.9 Å². The van der Waals surface area contributed by atoms with Crippen LogP contribution in [0.5, 0.6) is 0 Å². The highest BCUT2D eigenvalue weighted by atomic mass is 16.5. The summed E-state index contributed by atoms with van der Waals surface area (Å²) in [5.41, 5.74) is 0.766. The molecule has 0 saturated heterocycles. The predicted octanol–water partition coefficient (Wildman–Crippen LogP) is 1.30. The second kappa shape index (κ2) is 3.64. The second-order valence-electron chi connectivity index (χ2n) is 4.87. The number of carbonyl (C=O) groups excluding carboxylic acids is 2. The molecule has 1 aromatic heterocycles. The van der Waals surface area contributed by atoms with E-state index in [1.165, 1.54) is 0 Å². The SMILES string of the molecule is CCOC(=O)C1=C2C(=O)c3cccnc3[C@@]23C=C[C@@H]1O3. The first kappa shape index (κ1) is 11.5. The van der Waals surface area contributed by atoms with E-state index in [-0.39, 0.29) is 12.4 Å². The highest BCUT2D eigenvalue weighted by Gasteiger charge is 2.60. The maximum Gasteiger partial charge on any atom is 0.337 e. The van der Waals surface area contributed by atoms with Crippen molar-refractivity contribution in [2.45, 2.75) is 18.6 Å². The summed E-state index contributed by atoms with van der Waals surface area (Å²) in [7, 11) is 0. The molecule has 100 valence electrons. The Morgan fingerprint density at radius 2 is 2.40 bits per heavy atom. The molecule has 5 heteroatoms. The molecule has 0 aromatic carbocycles. The molecule has 0 radical (unpaired) electrons. The Morgan fingerprint density at radius 3 is 3.20 bits per heavy atom. The minimum absolute atomic E-state index is 0.192. The van der Waals surface area contributed by atoms with E-state index in [9.17, 15) is 9.59 Å². The monoisotopic (exact) mass is 269 g/mol. The summed E-state index contributed by atoms with van der Waals surface area (Å²) in [6, 6.07) is 3.41. The van der Waals surface area contributed by atoms with E-state index in [4.69, 9.17) is 9.47 Å². The third-order valence-electron chi connectivity index (χ3n) is 3.87. The van der Waals surface area contributed by atoms with Gasteiger partial charge in [0, 0.05) is 11.8 Å². The fourth-order valence-corrected chi connectivity index (χ4v) is 3.13. The summed E-state index contributed by atoms with van der Waals surface area (Å²) in [4.78, 5) is 28.9. The molecule has 2 bridgehead atoms. The van der Waals surface area contributed by atoms with Crippen molar-refractivity contribution < 1.29 is 19.1 Å². The molecule has 2 atom stereocenters. The normalized spacial score (nSPS) is 28.9. The van der Waals surface area contributed by atoms with Crippen molar-refractivity contribution in [2.24, 2.45) is 0 Å². The van der Waals surface area contributed by atoms with E-state index in [0.717, 1.165) is 0 Å². The molecule has 1 spiro atoms. The smallest absolute Gasteiger partial charge is 0.337 e. The van der Waals surface area contributed by atoms with Crippen LogP contribution in [0.2, 0.25) is 0 Å². The summed E-state index contributed by atoms with van der Waals surface area (Å²) >= 11 is 0. The van der Waals surface area contributed by atoms with Gasteiger partial charge in [-0.05, 0) is 25.1 Å². The highest BCUT2D eigenvalue weighted by Crippen LogP contribution is 2.55. The fourth-order valence-electron chi connectivity index (χ4n) is 3.13. The molecule has 4 rings (SSSR count). The molecule has 5 nitrogen and oxygen atoms in total. The second-order valence-corrected chi connectivity index (χ2v) is 4.87. The topological polar surface area (TPSA) is 65.5 Å². The van der Waals surface area contributed by atoms with E-state index in [1.54, 1.807) is 31.3 Å². The van der Waals surface area contributed by atoms with Gasteiger partial charge in [-0.1, -0.05) is 6.08 Å². The number of esters is 1. The van der Waals surface area contributed by atoms with Crippen molar-refractivity contribution in [3.63, 3.8) is 0 Å². The van der Waals surface area contributed by atoms with E-state index in [0.29, 0.717) is 22.4 Å². The zero-order valence-electron chi connectivity index (χ0n) is 10.8. The molecule has 0 unspecified atom stereocenters. The molecule has 0 saturated carbocycles. The standard InChI is InChI=1S/C15H11NO4/c1-2-19-14(18)10-9-5-6-15(20-9)11(10)12(17)8-4-3-7-16-13(8)15/h3-7,9H,2H2,1H3/t9-,15+/m0/s1. The molecule has 1 aromatic rings. The van der Waals surface area contributed by atoms with Crippen LogP contribution in [0.4, 0.5) is 0 Å². The molecule has 3 heterocycles. The van der Waals surface area contributed by atoms with Crippen molar-refractivity contribution in [1.29, 1.82) is 0 Å². The van der Waals surface area contributed by atoms with Gasteiger partial charge in [-0.3, -0.25) is 9.78 Å². The van der Waals surface area contributed by atoms with Crippen LogP contribution in [0.3, 0.4) is 0 Å².